The van der Waals surface area contributed by atoms with Crippen molar-refractivity contribution in [1.29, 1.82) is 0 Å². The van der Waals surface area contributed by atoms with Crippen LogP contribution >= 0.6 is 11.3 Å². The van der Waals surface area contributed by atoms with E-state index in [4.69, 9.17) is 4.74 Å². The molecule has 1 aromatic heterocycles. The number of amides is 1. The minimum atomic E-state index is -0.419. The first-order valence-corrected chi connectivity index (χ1v) is 8.97. The van der Waals surface area contributed by atoms with Gasteiger partial charge in [-0.25, -0.2) is 4.79 Å². The van der Waals surface area contributed by atoms with Crippen LogP contribution < -0.4 is 5.32 Å². The fourth-order valence-corrected chi connectivity index (χ4v) is 3.49. The number of rotatable bonds is 3. The molecule has 1 aromatic rings. The van der Waals surface area contributed by atoms with Crippen LogP contribution in [0.3, 0.4) is 0 Å². The number of thiophene rings is 1. The first-order chi connectivity index (χ1) is 10.3. The van der Waals surface area contributed by atoms with Crippen LogP contribution in [0.5, 0.6) is 0 Å². The highest BCUT2D eigenvalue weighted by atomic mass is 32.1. The summed E-state index contributed by atoms with van der Waals surface area (Å²) in [5.41, 5.74) is 0.944. The van der Waals surface area contributed by atoms with Gasteiger partial charge in [-0.05, 0) is 64.0 Å². The monoisotopic (exact) mass is 324 g/mol. The molecular weight excluding hydrogens is 296 g/mol. The minimum Gasteiger partial charge on any atom is -0.444 e. The van der Waals surface area contributed by atoms with Crippen molar-refractivity contribution in [2.45, 2.75) is 65.1 Å². The molecule has 0 saturated carbocycles. The third-order valence-corrected chi connectivity index (χ3v) is 4.92. The molecule has 5 heteroatoms. The molecule has 0 aliphatic carbocycles. The summed E-state index contributed by atoms with van der Waals surface area (Å²) < 4.78 is 5.47. The Labute approximate surface area is 137 Å². The largest absolute Gasteiger partial charge is 0.444 e. The molecule has 2 rings (SSSR count). The summed E-state index contributed by atoms with van der Waals surface area (Å²) in [7, 11) is 0. The molecule has 1 aliphatic heterocycles. The third-order valence-electron chi connectivity index (χ3n) is 3.90. The van der Waals surface area contributed by atoms with Gasteiger partial charge in [0, 0.05) is 30.6 Å². The van der Waals surface area contributed by atoms with Crippen molar-refractivity contribution in [2.75, 3.05) is 13.1 Å². The second-order valence-electron chi connectivity index (χ2n) is 7.00. The molecular formula is C17H28N2O2S. The molecule has 0 spiro atoms. The van der Waals surface area contributed by atoms with Gasteiger partial charge in [-0.1, -0.05) is 0 Å². The van der Waals surface area contributed by atoms with Gasteiger partial charge in [0.2, 0.25) is 0 Å². The molecule has 124 valence electrons. The quantitative estimate of drug-likeness (QED) is 0.916. The summed E-state index contributed by atoms with van der Waals surface area (Å²) >= 11 is 1.81. The third kappa shape index (κ3) is 5.29. The summed E-state index contributed by atoms with van der Waals surface area (Å²) in [5, 5.41) is 5.79. The molecule has 1 fully saturated rings. The smallest absolute Gasteiger partial charge is 0.410 e. The van der Waals surface area contributed by atoms with Crippen LogP contribution in [0.1, 0.15) is 50.5 Å². The summed E-state index contributed by atoms with van der Waals surface area (Å²) in [6, 6.07) is 2.65. The van der Waals surface area contributed by atoms with Crippen molar-refractivity contribution in [2.24, 2.45) is 0 Å². The number of nitrogens with zero attached hydrogens (tertiary/aromatic N) is 1. The number of carbonyl (C=O) groups excluding carboxylic acids is 1. The number of hydrogen-bond acceptors (Lipinski definition) is 4. The van der Waals surface area contributed by atoms with E-state index in [-0.39, 0.29) is 6.09 Å². The maximum absolute atomic E-state index is 12.1. The van der Waals surface area contributed by atoms with E-state index in [2.05, 4.69) is 23.7 Å². The van der Waals surface area contributed by atoms with E-state index in [1.165, 1.54) is 10.4 Å². The average Bonchev–Trinajstić information content (AvgIpc) is 2.69. The fourth-order valence-electron chi connectivity index (χ4n) is 2.63. The lowest BCUT2D eigenvalue weighted by atomic mass is 10.1. The Morgan fingerprint density at radius 1 is 1.41 bits per heavy atom. The van der Waals surface area contributed by atoms with Crippen LogP contribution in [0, 0.1) is 6.92 Å². The standard InChI is InChI=1S/C17H28N2O2S/c1-13-8-11-22-15(13)12-18-14-6-5-9-19(10-7-14)16(20)21-17(2,3)4/h8,11,14,18H,5-7,9-10,12H2,1-4H3. The van der Waals surface area contributed by atoms with Gasteiger partial charge >= 0.3 is 6.09 Å². The summed E-state index contributed by atoms with van der Waals surface area (Å²) in [4.78, 5) is 15.4. The van der Waals surface area contributed by atoms with E-state index < -0.39 is 5.60 Å². The molecule has 1 N–H and O–H groups in total. The van der Waals surface area contributed by atoms with Crippen LogP contribution in [-0.4, -0.2) is 35.7 Å². The van der Waals surface area contributed by atoms with Gasteiger partial charge in [-0.2, -0.15) is 0 Å². The average molecular weight is 324 g/mol. The number of nitrogens with one attached hydrogen (secondary N) is 1. The van der Waals surface area contributed by atoms with Crippen LogP contribution in [-0.2, 0) is 11.3 Å². The molecule has 4 nitrogen and oxygen atoms in total. The van der Waals surface area contributed by atoms with E-state index in [1.54, 1.807) is 0 Å². The van der Waals surface area contributed by atoms with Gasteiger partial charge in [0.1, 0.15) is 5.60 Å². The minimum absolute atomic E-state index is 0.178. The molecule has 2 heterocycles. The second-order valence-corrected chi connectivity index (χ2v) is 8.00. The number of likely N-dealkylation sites (tertiary alicyclic amines) is 1. The van der Waals surface area contributed by atoms with E-state index in [9.17, 15) is 4.79 Å². The van der Waals surface area contributed by atoms with E-state index >= 15 is 0 Å². The Morgan fingerprint density at radius 2 is 2.18 bits per heavy atom. The Bertz CT molecular complexity index is 493. The molecule has 0 bridgehead atoms. The zero-order valence-corrected chi connectivity index (χ0v) is 15.0. The Hall–Kier alpha value is -1.07. The molecule has 1 saturated heterocycles. The van der Waals surface area contributed by atoms with Gasteiger partial charge in [0.15, 0.2) is 0 Å². The summed E-state index contributed by atoms with van der Waals surface area (Å²) in [5.74, 6) is 0. The molecule has 1 atom stereocenters. The Kier molecular flexibility index (Phi) is 5.87. The van der Waals surface area contributed by atoms with Crippen LogP contribution in [0.25, 0.3) is 0 Å². The highest BCUT2D eigenvalue weighted by Gasteiger charge is 2.25. The first kappa shape index (κ1) is 17.3. The van der Waals surface area contributed by atoms with Gasteiger partial charge in [-0.3, -0.25) is 0 Å². The van der Waals surface area contributed by atoms with Crippen LogP contribution in [0.15, 0.2) is 11.4 Å². The maximum Gasteiger partial charge on any atom is 0.410 e. The van der Waals surface area contributed by atoms with Crippen molar-refractivity contribution in [3.63, 3.8) is 0 Å². The summed E-state index contributed by atoms with van der Waals surface area (Å²) in [6.45, 7) is 10.4. The zero-order valence-electron chi connectivity index (χ0n) is 14.1. The number of aryl methyl sites for hydroxylation is 1. The molecule has 1 aliphatic rings. The van der Waals surface area contributed by atoms with Crippen molar-refractivity contribution in [1.82, 2.24) is 10.2 Å². The van der Waals surface area contributed by atoms with Crippen LogP contribution in [0.2, 0.25) is 0 Å². The topological polar surface area (TPSA) is 41.6 Å². The molecule has 1 amide bonds. The number of ether oxygens (including phenoxy) is 1. The van der Waals surface area contributed by atoms with E-state index in [1.807, 2.05) is 37.0 Å². The number of hydrogen-bond donors (Lipinski definition) is 1. The SMILES string of the molecule is Cc1ccsc1CNC1CCCN(C(=O)OC(C)(C)C)CC1. The van der Waals surface area contributed by atoms with Gasteiger partial charge in [0.05, 0.1) is 0 Å². The first-order valence-electron chi connectivity index (χ1n) is 8.09. The summed E-state index contributed by atoms with van der Waals surface area (Å²) in [6.07, 6.45) is 2.95. The predicted molar refractivity (Wildman–Crippen MR) is 91.3 cm³/mol. The highest BCUT2D eigenvalue weighted by Crippen LogP contribution is 2.18. The highest BCUT2D eigenvalue weighted by molar-refractivity contribution is 7.10. The predicted octanol–water partition coefficient (Wildman–Crippen LogP) is 3.94. The van der Waals surface area contributed by atoms with E-state index in [0.717, 1.165) is 38.9 Å². The lowest BCUT2D eigenvalue weighted by molar-refractivity contribution is 0.0256. The molecule has 0 aromatic carbocycles. The second kappa shape index (κ2) is 7.47. The van der Waals surface area contributed by atoms with Crippen molar-refractivity contribution in [3.05, 3.63) is 21.9 Å². The van der Waals surface area contributed by atoms with Gasteiger partial charge < -0.3 is 15.0 Å². The zero-order chi connectivity index (χ0) is 16.2. The lowest BCUT2D eigenvalue weighted by Crippen LogP contribution is -2.38. The van der Waals surface area contributed by atoms with E-state index in [0.29, 0.717) is 6.04 Å². The lowest BCUT2D eigenvalue weighted by Gasteiger charge is -2.26. The maximum atomic E-state index is 12.1. The van der Waals surface area contributed by atoms with Crippen molar-refractivity contribution < 1.29 is 9.53 Å². The van der Waals surface area contributed by atoms with Gasteiger partial charge in [0.25, 0.3) is 0 Å². The Morgan fingerprint density at radius 3 is 2.82 bits per heavy atom. The van der Waals surface area contributed by atoms with Crippen LogP contribution in [0.4, 0.5) is 4.79 Å². The fraction of sp³-hybridized carbons (Fsp3) is 0.706. The molecule has 22 heavy (non-hydrogen) atoms. The van der Waals surface area contributed by atoms with Gasteiger partial charge in [-0.15, -0.1) is 11.3 Å². The molecule has 1 unspecified atom stereocenters. The number of carbonyl (C=O) groups is 1. The van der Waals surface area contributed by atoms with Crippen molar-refractivity contribution in [3.8, 4) is 0 Å². The normalized spacial score (nSPS) is 19.8. The van der Waals surface area contributed by atoms with Crippen molar-refractivity contribution >= 4 is 17.4 Å². The Balaban J connectivity index is 1.80. The molecule has 0 radical (unpaired) electrons.